The van der Waals surface area contributed by atoms with Crippen LogP contribution in [-0.4, -0.2) is 0 Å². The lowest BCUT2D eigenvalue weighted by atomic mass is 9.69. The van der Waals surface area contributed by atoms with E-state index in [0.29, 0.717) is 0 Å². The molecule has 3 saturated carbocycles. The highest BCUT2D eigenvalue weighted by atomic mass is 14.3. The fourth-order valence-corrected chi connectivity index (χ4v) is 6.62. The summed E-state index contributed by atoms with van der Waals surface area (Å²) in [5.74, 6) is 12.2. The monoisotopic (exact) mass is 416 g/mol. The molecule has 0 aliphatic heterocycles. The van der Waals surface area contributed by atoms with Crippen molar-refractivity contribution in [2.45, 2.75) is 103 Å². The van der Waals surface area contributed by atoms with E-state index in [-0.39, 0.29) is 0 Å². The van der Waals surface area contributed by atoms with E-state index in [9.17, 15) is 0 Å². The van der Waals surface area contributed by atoms with Gasteiger partial charge in [-0.1, -0.05) is 63.2 Å². The molecule has 0 atom stereocenters. The molecule has 31 heavy (non-hydrogen) atoms. The van der Waals surface area contributed by atoms with Gasteiger partial charge in [0.05, 0.1) is 0 Å². The summed E-state index contributed by atoms with van der Waals surface area (Å²) in [6.07, 6.45) is 23.0. The number of benzene rings is 1. The first-order valence-corrected chi connectivity index (χ1v) is 13.5. The molecular weight excluding hydrogens is 372 g/mol. The molecule has 0 heteroatoms. The second-order valence-electron chi connectivity index (χ2n) is 11.1. The van der Waals surface area contributed by atoms with Gasteiger partial charge in [-0.15, -0.1) is 0 Å². The minimum atomic E-state index is 0.758. The molecule has 0 spiro atoms. The van der Waals surface area contributed by atoms with Crippen molar-refractivity contribution in [3.05, 3.63) is 47.5 Å². The Bertz CT molecular complexity index is 733. The van der Waals surface area contributed by atoms with Gasteiger partial charge in [-0.3, -0.25) is 0 Å². The Labute approximate surface area is 192 Å². The molecular formula is C31H44. The average Bonchev–Trinajstić information content (AvgIpc) is 2.83. The zero-order valence-corrected chi connectivity index (χ0v) is 20.1. The zero-order valence-electron chi connectivity index (χ0n) is 20.1. The Morgan fingerprint density at radius 3 is 2.00 bits per heavy atom. The van der Waals surface area contributed by atoms with E-state index in [1.54, 1.807) is 0 Å². The molecule has 0 bridgehead atoms. The van der Waals surface area contributed by atoms with E-state index in [0.717, 1.165) is 41.1 Å². The highest BCUT2D eigenvalue weighted by Gasteiger charge is 2.29. The first kappa shape index (κ1) is 22.7. The maximum Gasteiger partial charge on any atom is 0.0249 e. The van der Waals surface area contributed by atoms with Gasteiger partial charge in [0.1, 0.15) is 0 Å². The van der Waals surface area contributed by atoms with E-state index in [1.165, 1.54) is 89.0 Å². The molecule has 1 aromatic carbocycles. The lowest BCUT2D eigenvalue weighted by molar-refractivity contribution is 0.160. The standard InChI is InChI=1S/C31H44/c1-3-25-10-18-29(19-11-25)31-22-14-27(15-23-31)7-5-4-6-26-12-20-30(21-13-26)28-16-8-24(2)9-17-28/h4,6,14-15,22-26,28-30H,3,8-13,16-21H2,1-2H3/b6-4+/t24-,25-,26?,28-,29-,30?. The van der Waals surface area contributed by atoms with Crippen LogP contribution in [0.25, 0.3) is 0 Å². The van der Waals surface area contributed by atoms with Crippen molar-refractivity contribution in [1.29, 1.82) is 0 Å². The first-order valence-electron chi connectivity index (χ1n) is 13.5. The van der Waals surface area contributed by atoms with E-state index >= 15 is 0 Å². The number of rotatable bonds is 4. The van der Waals surface area contributed by atoms with E-state index in [1.807, 2.05) is 0 Å². The quantitative estimate of drug-likeness (QED) is 0.430. The Morgan fingerprint density at radius 2 is 1.39 bits per heavy atom. The largest absolute Gasteiger partial charge is 0.0730 e. The van der Waals surface area contributed by atoms with Crippen LogP contribution >= 0.6 is 0 Å². The molecule has 1 aromatic rings. The number of hydrogen-bond donors (Lipinski definition) is 0. The molecule has 3 aliphatic rings. The fraction of sp³-hybridized carbons (Fsp3) is 0.677. The molecule has 3 fully saturated rings. The Morgan fingerprint density at radius 1 is 0.774 bits per heavy atom. The van der Waals surface area contributed by atoms with Gasteiger partial charge in [-0.05, 0) is 123 Å². The maximum absolute atomic E-state index is 3.36. The molecule has 4 rings (SSSR count). The topological polar surface area (TPSA) is 0 Å². The van der Waals surface area contributed by atoms with Crippen LogP contribution in [0.1, 0.15) is 114 Å². The summed E-state index contributed by atoms with van der Waals surface area (Å²) >= 11 is 0. The lowest BCUT2D eigenvalue weighted by Crippen LogP contribution is -2.24. The molecule has 0 radical (unpaired) electrons. The average molecular weight is 417 g/mol. The van der Waals surface area contributed by atoms with E-state index in [2.05, 4.69) is 62.1 Å². The van der Waals surface area contributed by atoms with Crippen LogP contribution in [-0.2, 0) is 0 Å². The highest BCUT2D eigenvalue weighted by molar-refractivity contribution is 5.39. The molecule has 0 nitrogen and oxygen atoms in total. The third-order valence-electron chi connectivity index (χ3n) is 9.02. The Hall–Kier alpha value is -1.48. The smallest absolute Gasteiger partial charge is 0.0249 e. The normalized spacial score (nSPS) is 34.3. The van der Waals surface area contributed by atoms with Gasteiger partial charge in [0.2, 0.25) is 0 Å². The predicted molar refractivity (Wildman–Crippen MR) is 134 cm³/mol. The minimum absolute atomic E-state index is 0.758. The second kappa shape index (κ2) is 11.4. The summed E-state index contributed by atoms with van der Waals surface area (Å²) < 4.78 is 0. The Balaban J connectivity index is 1.20. The van der Waals surface area contributed by atoms with Crippen LogP contribution in [0.2, 0.25) is 0 Å². The van der Waals surface area contributed by atoms with Crippen LogP contribution in [0.3, 0.4) is 0 Å². The Kier molecular flexibility index (Phi) is 8.35. The molecule has 168 valence electrons. The van der Waals surface area contributed by atoms with Crippen LogP contribution in [0, 0.1) is 41.4 Å². The highest BCUT2D eigenvalue weighted by Crippen LogP contribution is 2.41. The first-order chi connectivity index (χ1) is 15.2. The summed E-state index contributed by atoms with van der Waals surface area (Å²) in [7, 11) is 0. The maximum atomic E-state index is 3.36. The minimum Gasteiger partial charge on any atom is -0.0730 e. The summed E-state index contributed by atoms with van der Waals surface area (Å²) in [6, 6.07) is 9.13. The van der Waals surface area contributed by atoms with Crippen molar-refractivity contribution >= 4 is 0 Å². The lowest BCUT2D eigenvalue weighted by Gasteiger charge is -2.36. The fourth-order valence-electron chi connectivity index (χ4n) is 6.62. The predicted octanol–water partition coefficient (Wildman–Crippen LogP) is 8.91. The molecule has 0 heterocycles. The number of hydrogen-bond acceptors (Lipinski definition) is 0. The zero-order chi connectivity index (χ0) is 21.5. The molecule has 3 aliphatic carbocycles. The van der Waals surface area contributed by atoms with Crippen molar-refractivity contribution < 1.29 is 0 Å². The third kappa shape index (κ3) is 6.51. The van der Waals surface area contributed by atoms with Gasteiger partial charge in [0.15, 0.2) is 0 Å². The number of allylic oxidation sites excluding steroid dienone is 2. The summed E-state index contributed by atoms with van der Waals surface area (Å²) in [4.78, 5) is 0. The van der Waals surface area contributed by atoms with Gasteiger partial charge in [0, 0.05) is 5.56 Å². The van der Waals surface area contributed by atoms with Crippen LogP contribution in [0.15, 0.2) is 36.4 Å². The molecule has 0 N–H and O–H groups in total. The third-order valence-corrected chi connectivity index (χ3v) is 9.02. The van der Waals surface area contributed by atoms with Crippen LogP contribution < -0.4 is 0 Å². The van der Waals surface area contributed by atoms with E-state index in [4.69, 9.17) is 0 Å². The van der Waals surface area contributed by atoms with Crippen molar-refractivity contribution in [2.75, 3.05) is 0 Å². The van der Waals surface area contributed by atoms with Gasteiger partial charge >= 0.3 is 0 Å². The SMILES string of the molecule is CC[C@H]1CC[C@H](c2ccc(C#C/C=C/C3CCC([C@H]4CC[C@H](C)CC4)CC3)cc2)CC1. The molecule has 0 unspecified atom stereocenters. The van der Waals surface area contributed by atoms with Crippen molar-refractivity contribution in [3.8, 4) is 11.8 Å². The summed E-state index contributed by atoms with van der Waals surface area (Å²) in [5, 5.41) is 0. The van der Waals surface area contributed by atoms with Gasteiger partial charge < -0.3 is 0 Å². The summed E-state index contributed by atoms with van der Waals surface area (Å²) in [6.45, 7) is 4.78. The molecule has 0 aromatic heterocycles. The van der Waals surface area contributed by atoms with Gasteiger partial charge in [-0.2, -0.15) is 0 Å². The van der Waals surface area contributed by atoms with Crippen LogP contribution in [0.4, 0.5) is 0 Å². The van der Waals surface area contributed by atoms with Crippen molar-refractivity contribution in [1.82, 2.24) is 0 Å². The van der Waals surface area contributed by atoms with Crippen molar-refractivity contribution in [3.63, 3.8) is 0 Å². The van der Waals surface area contributed by atoms with Gasteiger partial charge in [-0.25, -0.2) is 0 Å². The van der Waals surface area contributed by atoms with Gasteiger partial charge in [0.25, 0.3) is 0 Å². The van der Waals surface area contributed by atoms with Crippen LogP contribution in [0.5, 0.6) is 0 Å². The van der Waals surface area contributed by atoms with Crippen molar-refractivity contribution in [2.24, 2.45) is 29.6 Å². The molecule has 0 saturated heterocycles. The summed E-state index contributed by atoms with van der Waals surface area (Å²) in [5.41, 5.74) is 2.69. The van der Waals surface area contributed by atoms with E-state index < -0.39 is 0 Å². The molecule has 0 amide bonds. The second-order valence-corrected chi connectivity index (χ2v) is 11.1.